The molecule has 0 spiro atoms. The minimum Gasteiger partial charge on any atom is -0.480 e. The predicted octanol–water partition coefficient (Wildman–Crippen LogP) is 0.896. The standard InChI is InChI=1S/C13H19NO3/c1-12(17)3-7-2-8-4-13(6-12,5-9(7)8)10(14)11(15)16/h3,8-10,17H,2,4-6,14H2,1H3,(H,15,16)/t8?,9?,10-,12?,13?/m1/s1. The number of carboxylic acids is 1. The molecule has 0 heterocycles. The summed E-state index contributed by atoms with van der Waals surface area (Å²) in [7, 11) is 0. The first-order chi connectivity index (χ1) is 7.83. The van der Waals surface area contributed by atoms with Crippen LogP contribution in [0.3, 0.4) is 0 Å². The van der Waals surface area contributed by atoms with Crippen molar-refractivity contribution in [2.75, 3.05) is 0 Å². The van der Waals surface area contributed by atoms with E-state index in [0.717, 1.165) is 19.3 Å². The number of nitrogens with two attached hydrogens (primary N) is 1. The van der Waals surface area contributed by atoms with Crippen molar-refractivity contribution in [1.82, 2.24) is 0 Å². The van der Waals surface area contributed by atoms with E-state index >= 15 is 0 Å². The minimum atomic E-state index is -0.939. The Morgan fingerprint density at radius 1 is 1.59 bits per heavy atom. The molecule has 4 unspecified atom stereocenters. The second-order valence-corrected chi connectivity index (χ2v) is 6.41. The van der Waals surface area contributed by atoms with Gasteiger partial charge < -0.3 is 15.9 Å². The van der Waals surface area contributed by atoms with E-state index in [9.17, 15) is 15.0 Å². The molecule has 2 saturated carbocycles. The molecule has 4 nitrogen and oxygen atoms in total. The van der Waals surface area contributed by atoms with E-state index < -0.39 is 23.0 Å². The van der Waals surface area contributed by atoms with Crippen LogP contribution in [0.5, 0.6) is 0 Å². The topological polar surface area (TPSA) is 83.5 Å². The Balaban J connectivity index is 2.00. The smallest absolute Gasteiger partial charge is 0.321 e. The molecule has 2 fully saturated rings. The number of fused-ring (bicyclic) bond motifs is 1. The molecule has 17 heavy (non-hydrogen) atoms. The van der Waals surface area contributed by atoms with Gasteiger partial charge in [-0.3, -0.25) is 4.79 Å². The van der Waals surface area contributed by atoms with Crippen molar-refractivity contribution in [1.29, 1.82) is 0 Å². The lowest BCUT2D eigenvalue weighted by Crippen LogP contribution is -2.49. The molecule has 0 aromatic carbocycles. The van der Waals surface area contributed by atoms with Gasteiger partial charge in [0, 0.05) is 5.41 Å². The summed E-state index contributed by atoms with van der Waals surface area (Å²) in [6.07, 6.45) is 5.15. The summed E-state index contributed by atoms with van der Waals surface area (Å²) in [6, 6.07) is -0.854. The van der Waals surface area contributed by atoms with Crippen LogP contribution in [0, 0.1) is 17.3 Å². The van der Waals surface area contributed by atoms with Crippen LogP contribution in [-0.4, -0.2) is 27.8 Å². The van der Waals surface area contributed by atoms with Crippen LogP contribution < -0.4 is 5.73 Å². The normalized spacial score (nSPS) is 49.0. The molecule has 3 aliphatic rings. The zero-order valence-electron chi connectivity index (χ0n) is 10.0. The Hall–Kier alpha value is -0.870. The summed E-state index contributed by atoms with van der Waals surface area (Å²) in [5.41, 5.74) is 5.90. The zero-order chi connectivity index (χ0) is 12.4. The molecule has 94 valence electrons. The van der Waals surface area contributed by atoms with Crippen molar-refractivity contribution in [3.8, 4) is 0 Å². The highest BCUT2D eigenvalue weighted by Gasteiger charge is 2.59. The van der Waals surface area contributed by atoms with E-state index in [-0.39, 0.29) is 0 Å². The summed E-state index contributed by atoms with van der Waals surface area (Å²) >= 11 is 0. The zero-order valence-corrected chi connectivity index (χ0v) is 10.0. The maximum absolute atomic E-state index is 11.2. The fourth-order valence-corrected chi connectivity index (χ4v) is 4.39. The fourth-order valence-electron chi connectivity index (χ4n) is 4.39. The molecule has 4 heteroatoms. The van der Waals surface area contributed by atoms with Crippen LogP contribution in [0.1, 0.15) is 32.6 Å². The number of rotatable bonds is 2. The van der Waals surface area contributed by atoms with Crippen molar-refractivity contribution >= 4 is 5.97 Å². The Bertz CT molecular complexity index is 415. The van der Waals surface area contributed by atoms with E-state index in [0.29, 0.717) is 18.3 Å². The van der Waals surface area contributed by atoms with Gasteiger partial charge in [-0.2, -0.15) is 0 Å². The van der Waals surface area contributed by atoms with Crippen molar-refractivity contribution < 1.29 is 15.0 Å². The van der Waals surface area contributed by atoms with Crippen molar-refractivity contribution in [2.24, 2.45) is 23.0 Å². The highest BCUT2D eigenvalue weighted by atomic mass is 16.4. The monoisotopic (exact) mass is 237 g/mol. The number of aliphatic hydroxyl groups is 1. The lowest BCUT2D eigenvalue weighted by Gasteiger charge is -2.40. The van der Waals surface area contributed by atoms with Crippen LogP contribution in [0.4, 0.5) is 0 Å². The highest BCUT2D eigenvalue weighted by Crippen LogP contribution is 2.63. The van der Waals surface area contributed by atoms with Crippen LogP contribution in [0.2, 0.25) is 0 Å². The number of carbonyl (C=O) groups is 1. The molecule has 0 aromatic rings. The van der Waals surface area contributed by atoms with Gasteiger partial charge in [-0.05, 0) is 44.4 Å². The lowest BCUT2D eigenvalue weighted by molar-refractivity contribution is -0.142. The summed E-state index contributed by atoms with van der Waals surface area (Å²) in [5, 5.41) is 19.5. The number of aliphatic carboxylic acids is 1. The summed E-state index contributed by atoms with van der Waals surface area (Å²) in [5.74, 6) is 0.141. The average Bonchev–Trinajstić information content (AvgIpc) is 2.42. The molecule has 3 aliphatic carbocycles. The second kappa shape index (κ2) is 3.12. The van der Waals surface area contributed by atoms with E-state index in [1.807, 2.05) is 6.08 Å². The molecule has 0 saturated heterocycles. The Labute approximate surface area is 101 Å². The van der Waals surface area contributed by atoms with Gasteiger partial charge in [0.1, 0.15) is 6.04 Å². The Morgan fingerprint density at radius 2 is 2.29 bits per heavy atom. The lowest BCUT2D eigenvalue weighted by atomic mass is 9.67. The first-order valence-corrected chi connectivity index (χ1v) is 6.25. The van der Waals surface area contributed by atoms with Gasteiger partial charge in [-0.1, -0.05) is 11.6 Å². The largest absolute Gasteiger partial charge is 0.480 e. The average molecular weight is 237 g/mol. The van der Waals surface area contributed by atoms with Crippen LogP contribution in [0.25, 0.3) is 0 Å². The molecule has 0 radical (unpaired) electrons. The second-order valence-electron chi connectivity index (χ2n) is 6.41. The molecule has 0 amide bonds. The maximum Gasteiger partial charge on any atom is 0.321 e. The van der Waals surface area contributed by atoms with E-state index in [2.05, 4.69) is 0 Å². The molecule has 3 rings (SSSR count). The van der Waals surface area contributed by atoms with Crippen molar-refractivity contribution in [3.05, 3.63) is 11.6 Å². The van der Waals surface area contributed by atoms with Crippen LogP contribution in [-0.2, 0) is 4.79 Å². The van der Waals surface area contributed by atoms with Gasteiger partial charge >= 0.3 is 5.97 Å². The summed E-state index contributed by atoms with van der Waals surface area (Å²) in [6.45, 7) is 1.77. The minimum absolute atomic E-state index is 0.417. The number of hydrogen-bond acceptors (Lipinski definition) is 3. The van der Waals surface area contributed by atoms with E-state index in [1.165, 1.54) is 5.57 Å². The molecular formula is C13H19NO3. The van der Waals surface area contributed by atoms with Gasteiger partial charge in [0.2, 0.25) is 0 Å². The Kier molecular flexibility index (Phi) is 2.06. The molecule has 0 aromatic heterocycles. The first-order valence-electron chi connectivity index (χ1n) is 6.25. The number of hydrogen-bond donors (Lipinski definition) is 3. The quantitative estimate of drug-likeness (QED) is 0.623. The van der Waals surface area contributed by atoms with Crippen LogP contribution >= 0.6 is 0 Å². The third kappa shape index (κ3) is 1.47. The SMILES string of the molecule is CC1(O)C=C2CC3CC([C@H](N)C(=O)O)(CC23)C1. The first kappa shape index (κ1) is 11.2. The number of allylic oxidation sites excluding steroid dienone is 1. The molecular weight excluding hydrogens is 218 g/mol. The van der Waals surface area contributed by atoms with Crippen LogP contribution in [0.15, 0.2) is 11.6 Å². The van der Waals surface area contributed by atoms with E-state index in [4.69, 9.17) is 5.73 Å². The van der Waals surface area contributed by atoms with Gasteiger partial charge in [-0.15, -0.1) is 0 Å². The Morgan fingerprint density at radius 3 is 2.94 bits per heavy atom. The van der Waals surface area contributed by atoms with Crippen molar-refractivity contribution in [3.63, 3.8) is 0 Å². The third-order valence-electron chi connectivity index (χ3n) is 4.97. The highest BCUT2D eigenvalue weighted by molar-refractivity contribution is 5.74. The maximum atomic E-state index is 11.2. The van der Waals surface area contributed by atoms with E-state index in [1.54, 1.807) is 6.92 Å². The molecule has 4 N–H and O–H groups in total. The number of carboxylic acid groups (broad SMARTS) is 1. The molecule has 5 atom stereocenters. The fraction of sp³-hybridized carbons (Fsp3) is 0.769. The molecule has 2 bridgehead atoms. The summed E-state index contributed by atoms with van der Waals surface area (Å²) < 4.78 is 0. The predicted molar refractivity (Wildman–Crippen MR) is 62.2 cm³/mol. The van der Waals surface area contributed by atoms with Gasteiger partial charge in [0.05, 0.1) is 5.60 Å². The third-order valence-corrected chi connectivity index (χ3v) is 4.97. The van der Waals surface area contributed by atoms with Crippen molar-refractivity contribution in [2.45, 2.75) is 44.2 Å². The van der Waals surface area contributed by atoms with Gasteiger partial charge in [0.25, 0.3) is 0 Å². The van der Waals surface area contributed by atoms with Gasteiger partial charge in [-0.25, -0.2) is 0 Å². The summed E-state index contributed by atoms with van der Waals surface area (Å²) in [4.78, 5) is 11.2. The van der Waals surface area contributed by atoms with Gasteiger partial charge in [0.15, 0.2) is 0 Å². The molecule has 0 aliphatic heterocycles.